The Labute approximate surface area is 131 Å². The highest BCUT2D eigenvalue weighted by Gasteiger charge is 2.27. The van der Waals surface area contributed by atoms with E-state index in [0.717, 1.165) is 29.4 Å². The Morgan fingerprint density at radius 1 is 1.45 bits per heavy atom. The van der Waals surface area contributed by atoms with E-state index in [0.29, 0.717) is 29.8 Å². The molecule has 0 radical (unpaired) electrons. The molecule has 2 aromatic heterocycles. The van der Waals surface area contributed by atoms with Crippen LogP contribution in [0.1, 0.15) is 44.9 Å². The van der Waals surface area contributed by atoms with Crippen molar-refractivity contribution in [2.45, 2.75) is 31.3 Å². The molecule has 0 spiro atoms. The average molecular weight is 319 g/mol. The maximum absolute atomic E-state index is 12.4. The van der Waals surface area contributed by atoms with Crippen molar-refractivity contribution < 1.29 is 9.59 Å². The molecule has 0 fully saturated rings. The van der Waals surface area contributed by atoms with Gasteiger partial charge >= 0.3 is 0 Å². The van der Waals surface area contributed by atoms with Crippen LogP contribution in [0.25, 0.3) is 0 Å². The molecular formula is C14H17N5O2S. The van der Waals surface area contributed by atoms with Crippen molar-refractivity contribution in [3.05, 3.63) is 28.8 Å². The largest absolute Gasteiger partial charge is 0.361 e. The van der Waals surface area contributed by atoms with E-state index in [1.807, 2.05) is 6.92 Å². The Hall–Kier alpha value is -2.09. The fourth-order valence-corrected chi connectivity index (χ4v) is 3.32. The number of carbonyl (C=O) groups excluding carboxylic acids is 2. The molecule has 0 aliphatic heterocycles. The highest BCUT2D eigenvalue weighted by Crippen LogP contribution is 2.26. The SMILES string of the molecule is Cc1[nH]c2c(c1C(=O)NCCSc1ncn[nH]1)C(=O)CCC2. The van der Waals surface area contributed by atoms with Crippen LogP contribution in [0.5, 0.6) is 0 Å². The van der Waals surface area contributed by atoms with Gasteiger partial charge in [-0.25, -0.2) is 4.98 Å². The van der Waals surface area contributed by atoms with E-state index < -0.39 is 0 Å². The molecule has 0 bridgehead atoms. The Balaban J connectivity index is 1.63. The van der Waals surface area contributed by atoms with Gasteiger partial charge in [0.15, 0.2) is 10.9 Å². The Morgan fingerprint density at radius 3 is 3.09 bits per heavy atom. The van der Waals surface area contributed by atoms with Crippen LogP contribution in [0.3, 0.4) is 0 Å². The van der Waals surface area contributed by atoms with Gasteiger partial charge in [-0.15, -0.1) is 0 Å². The molecule has 116 valence electrons. The topological polar surface area (TPSA) is 104 Å². The van der Waals surface area contributed by atoms with Crippen LogP contribution < -0.4 is 5.32 Å². The molecule has 2 heterocycles. The first-order valence-corrected chi connectivity index (χ1v) is 8.16. The third-order valence-electron chi connectivity index (χ3n) is 3.62. The number of thioether (sulfide) groups is 1. The number of aromatic amines is 2. The molecule has 0 aromatic carbocycles. The van der Waals surface area contributed by atoms with Crippen LogP contribution >= 0.6 is 11.8 Å². The first-order chi connectivity index (χ1) is 10.7. The molecule has 7 nitrogen and oxygen atoms in total. The van der Waals surface area contributed by atoms with Gasteiger partial charge in [0.25, 0.3) is 5.91 Å². The summed E-state index contributed by atoms with van der Waals surface area (Å²) in [5.74, 6) is 0.552. The van der Waals surface area contributed by atoms with Crippen LogP contribution in [-0.4, -0.2) is 44.2 Å². The van der Waals surface area contributed by atoms with E-state index in [1.165, 1.54) is 18.1 Å². The summed E-state index contributed by atoms with van der Waals surface area (Å²) in [5.41, 5.74) is 2.75. The van der Waals surface area contributed by atoms with Gasteiger partial charge in [0, 0.05) is 30.1 Å². The van der Waals surface area contributed by atoms with Gasteiger partial charge in [0.1, 0.15) is 6.33 Å². The molecule has 1 aliphatic rings. The second-order valence-corrected chi connectivity index (χ2v) is 6.23. The highest BCUT2D eigenvalue weighted by atomic mass is 32.2. The molecule has 0 atom stereocenters. The zero-order valence-corrected chi connectivity index (χ0v) is 13.0. The van der Waals surface area contributed by atoms with Crippen LogP contribution in [0.4, 0.5) is 0 Å². The number of aromatic nitrogens is 4. The minimum atomic E-state index is -0.191. The van der Waals surface area contributed by atoms with Crippen molar-refractivity contribution in [1.82, 2.24) is 25.5 Å². The summed E-state index contributed by atoms with van der Waals surface area (Å²) in [6.45, 7) is 2.33. The summed E-state index contributed by atoms with van der Waals surface area (Å²) in [6.07, 6.45) is 3.64. The fraction of sp³-hybridized carbons (Fsp3) is 0.429. The van der Waals surface area contributed by atoms with E-state index in [2.05, 4.69) is 25.5 Å². The van der Waals surface area contributed by atoms with Crippen LogP contribution in [0.15, 0.2) is 11.5 Å². The van der Waals surface area contributed by atoms with Gasteiger partial charge in [-0.1, -0.05) is 11.8 Å². The van der Waals surface area contributed by atoms with Crippen LogP contribution in [-0.2, 0) is 6.42 Å². The lowest BCUT2D eigenvalue weighted by atomic mass is 9.93. The number of ketones is 1. The van der Waals surface area contributed by atoms with Crippen LogP contribution in [0, 0.1) is 6.92 Å². The lowest BCUT2D eigenvalue weighted by molar-refractivity contribution is 0.0929. The minimum absolute atomic E-state index is 0.0618. The number of rotatable bonds is 5. The average Bonchev–Trinajstić information content (AvgIpc) is 3.11. The molecule has 0 saturated carbocycles. The van der Waals surface area contributed by atoms with E-state index in [1.54, 1.807) is 0 Å². The zero-order valence-electron chi connectivity index (χ0n) is 12.2. The van der Waals surface area contributed by atoms with Crippen molar-refractivity contribution in [1.29, 1.82) is 0 Å². The number of carbonyl (C=O) groups is 2. The van der Waals surface area contributed by atoms with Crippen LogP contribution in [0.2, 0.25) is 0 Å². The second-order valence-electron chi connectivity index (χ2n) is 5.15. The van der Waals surface area contributed by atoms with E-state index in [9.17, 15) is 9.59 Å². The number of Topliss-reactive ketones (excluding diaryl/α,β-unsaturated/α-hetero) is 1. The monoisotopic (exact) mass is 319 g/mol. The Bertz CT molecular complexity index is 692. The zero-order chi connectivity index (χ0) is 15.5. The van der Waals surface area contributed by atoms with Crippen molar-refractivity contribution in [2.75, 3.05) is 12.3 Å². The Kier molecular flexibility index (Phi) is 4.28. The second kappa shape index (κ2) is 6.35. The van der Waals surface area contributed by atoms with Gasteiger partial charge < -0.3 is 10.3 Å². The van der Waals surface area contributed by atoms with Gasteiger partial charge in [0.2, 0.25) is 0 Å². The first-order valence-electron chi connectivity index (χ1n) is 7.18. The summed E-state index contributed by atoms with van der Waals surface area (Å²) in [5, 5.41) is 10.1. The maximum Gasteiger partial charge on any atom is 0.253 e. The number of H-pyrrole nitrogens is 2. The predicted molar refractivity (Wildman–Crippen MR) is 82.2 cm³/mol. The van der Waals surface area contributed by atoms with E-state index in [4.69, 9.17) is 0 Å². The van der Waals surface area contributed by atoms with Crippen molar-refractivity contribution in [3.8, 4) is 0 Å². The van der Waals surface area contributed by atoms with Gasteiger partial charge in [-0.3, -0.25) is 14.7 Å². The third-order valence-corrected chi connectivity index (χ3v) is 4.50. The molecule has 22 heavy (non-hydrogen) atoms. The molecular weight excluding hydrogens is 302 g/mol. The lowest BCUT2D eigenvalue weighted by Gasteiger charge is -2.11. The smallest absolute Gasteiger partial charge is 0.253 e. The van der Waals surface area contributed by atoms with E-state index >= 15 is 0 Å². The number of nitrogens with one attached hydrogen (secondary N) is 3. The molecule has 1 amide bonds. The highest BCUT2D eigenvalue weighted by molar-refractivity contribution is 7.99. The standard InChI is InChI=1S/C14H17N5O2S/c1-8-11(12-9(18-8)3-2-4-10(12)20)13(21)15-5-6-22-14-16-7-17-19-14/h7,18H,2-6H2,1H3,(H,15,21)(H,16,17,19). The molecule has 8 heteroatoms. The number of aryl methyl sites for hydroxylation is 2. The van der Waals surface area contributed by atoms with Gasteiger partial charge in [0.05, 0.1) is 11.1 Å². The first kappa shape index (κ1) is 14.8. The number of fused-ring (bicyclic) bond motifs is 1. The summed E-state index contributed by atoms with van der Waals surface area (Å²) < 4.78 is 0. The summed E-state index contributed by atoms with van der Waals surface area (Å²) >= 11 is 1.48. The quantitative estimate of drug-likeness (QED) is 0.572. The molecule has 1 aliphatic carbocycles. The number of hydrogen-bond donors (Lipinski definition) is 3. The number of amides is 1. The summed E-state index contributed by atoms with van der Waals surface area (Å²) in [7, 11) is 0. The summed E-state index contributed by atoms with van der Waals surface area (Å²) in [4.78, 5) is 31.6. The summed E-state index contributed by atoms with van der Waals surface area (Å²) in [6, 6.07) is 0. The number of hydrogen-bond acceptors (Lipinski definition) is 5. The minimum Gasteiger partial charge on any atom is -0.361 e. The van der Waals surface area contributed by atoms with E-state index in [-0.39, 0.29) is 11.7 Å². The Morgan fingerprint density at radius 2 is 2.32 bits per heavy atom. The molecule has 2 aromatic rings. The normalized spacial score (nSPS) is 14.0. The lowest BCUT2D eigenvalue weighted by Crippen LogP contribution is -2.28. The predicted octanol–water partition coefficient (Wildman–Crippen LogP) is 1.48. The molecule has 3 N–H and O–H groups in total. The molecule has 3 rings (SSSR count). The third kappa shape index (κ3) is 2.92. The fourth-order valence-electron chi connectivity index (χ4n) is 2.68. The molecule has 0 unspecified atom stereocenters. The maximum atomic E-state index is 12.4. The van der Waals surface area contributed by atoms with Crippen molar-refractivity contribution in [3.63, 3.8) is 0 Å². The van der Waals surface area contributed by atoms with Crippen molar-refractivity contribution >= 4 is 23.5 Å². The van der Waals surface area contributed by atoms with Gasteiger partial charge in [-0.2, -0.15) is 5.10 Å². The number of nitrogens with zero attached hydrogens (tertiary/aromatic N) is 2. The molecule has 0 saturated heterocycles. The van der Waals surface area contributed by atoms with Crippen molar-refractivity contribution in [2.24, 2.45) is 0 Å². The van der Waals surface area contributed by atoms with Gasteiger partial charge in [-0.05, 0) is 19.8 Å².